The Morgan fingerprint density at radius 1 is 1.55 bits per heavy atom. The number of rotatable bonds is 3. The molecule has 0 amide bonds. The van der Waals surface area contributed by atoms with Gasteiger partial charge in [0, 0.05) is 35.3 Å². The second-order valence-corrected chi connectivity index (χ2v) is 6.92. The molecule has 0 bridgehead atoms. The summed E-state index contributed by atoms with van der Waals surface area (Å²) in [7, 11) is 1.68. The monoisotopic (exact) mass is 364 g/mol. The first-order valence-electron chi connectivity index (χ1n) is 6.86. The first kappa shape index (κ1) is 16.5. The van der Waals surface area contributed by atoms with Crippen molar-refractivity contribution in [2.24, 2.45) is 7.05 Å². The molecule has 0 fully saturated rings. The number of nitriles is 1. The van der Waals surface area contributed by atoms with E-state index >= 15 is 0 Å². The summed E-state index contributed by atoms with van der Waals surface area (Å²) in [6.45, 7) is 5.21. The molecule has 6 heteroatoms. The van der Waals surface area contributed by atoms with Crippen molar-refractivity contribution in [1.29, 1.82) is 5.26 Å². The topological polar surface area (TPSA) is 72.1 Å². The molecule has 0 radical (unpaired) electrons. The first-order valence-corrected chi connectivity index (χ1v) is 7.65. The van der Waals surface area contributed by atoms with E-state index in [-0.39, 0.29) is 12.0 Å². The van der Waals surface area contributed by atoms with E-state index < -0.39 is 11.6 Å². The third kappa shape index (κ3) is 2.86. The molecule has 22 heavy (non-hydrogen) atoms. The van der Waals surface area contributed by atoms with Gasteiger partial charge in [-0.25, -0.2) is 4.79 Å². The van der Waals surface area contributed by atoms with Gasteiger partial charge in [0.1, 0.15) is 5.60 Å². The van der Waals surface area contributed by atoms with Gasteiger partial charge in [-0.05, 0) is 36.7 Å². The van der Waals surface area contributed by atoms with Crippen molar-refractivity contribution in [1.82, 2.24) is 4.57 Å². The molecule has 0 saturated carbocycles. The molecule has 0 spiro atoms. The summed E-state index contributed by atoms with van der Waals surface area (Å²) in [4.78, 5) is 24.8. The number of ether oxygens (including phenoxy) is 1. The number of aromatic nitrogens is 1. The van der Waals surface area contributed by atoms with E-state index in [0.29, 0.717) is 27.6 Å². The van der Waals surface area contributed by atoms with Crippen LogP contribution in [0.25, 0.3) is 5.57 Å². The largest absolute Gasteiger partial charge is 0.455 e. The molecular weight excluding hydrogens is 348 g/mol. The van der Waals surface area contributed by atoms with E-state index in [0.717, 1.165) is 5.57 Å². The van der Waals surface area contributed by atoms with Gasteiger partial charge < -0.3 is 9.30 Å². The average molecular weight is 365 g/mol. The lowest BCUT2D eigenvalue weighted by Gasteiger charge is -2.23. The summed E-state index contributed by atoms with van der Waals surface area (Å²) in [6.07, 6.45) is 2.19. The van der Waals surface area contributed by atoms with Gasteiger partial charge in [0.25, 0.3) is 5.56 Å². The Balaban J connectivity index is 2.46. The van der Waals surface area contributed by atoms with E-state index in [4.69, 9.17) is 10.00 Å². The summed E-state index contributed by atoms with van der Waals surface area (Å²) in [5.74, 6) is -0.495. The average Bonchev–Trinajstić information content (AvgIpc) is 2.73. The second-order valence-electron chi connectivity index (χ2n) is 6.06. The predicted octanol–water partition coefficient (Wildman–Crippen LogP) is 2.71. The van der Waals surface area contributed by atoms with Gasteiger partial charge in [-0.3, -0.25) is 4.79 Å². The zero-order chi connectivity index (χ0) is 16.7. The number of halogens is 1. The molecule has 1 aromatic rings. The normalized spacial score (nSPS) is 13.8. The van der Waals surface area contributed by atoms with Gasteiger partial charge in [-0.2, -0.15) is 5.26 Å². The second kappa shape index (κ2) is 5.73. The molecule has 116 valence electrons. The van der Waals surface area contributed by atoms with Gasteiger partial charge in [0.15, 0.2) is 0 Å². The molecule has 1 aliphatic rings. The number of aryl methyl sites for hydroxylation is 1. The molecule has 5 nitrogen and oxygen atoms in total. The number of nitrogens with zero attached hydrogens (tertiary/aromatic N) is 2. The predicted molar refractivity (Wildman–Crippen MR) is 86.1 cm³/mol. The Labute approximate surface area is 137 Å². The highest BCUT2D eigenvalue weighted by Gasteiger charge is 2.33. The fourth-order valence-corrected chi connectivity index (χ4v) is 3.31. The fraction of sp³-hybridized carbons (Fsp3) is 0.438. The molecule has 2 rings (SSSR count). The van der Waals surface area contributed by atoms with E-state index in [1.165, 1.54) is 4.57 Å². The van der Waals surface area contributed by atoms with Gasteiger partial charge in [0.2, 0.25) is 0 Å². The molecule has 0 aliphatic heterocycles. The van der Waals surface area contributed by atoms with Crippen LogP contribution in [0.3, 0.4) is 0 Å². The number of carbonyl (C=O) groups is 1. The lowest BCUT2D eigenvalue weighted by molar-refractivity contribution is -0.148. The van der Waals surface area contributed by atoms with Crippen molar-refractivity contribution < 1.29 is 9.53 Å². The Bertz CT molecular complexity index is 782. The minimum absolute atomic E-state index is 0.107. The van der Waals surface area contributed by atoms with Crippen molar-refractivity contribution in [2.45, 2.75) is 39.2 Å². The van der Waals surface area contributed by atoms with E-state index in [1.54, 1.807) is 27.1 Å². The van der Waals surface area contributed by atoms with E-state index in [1.807, 2.05) is 13.0 Å². The third-order valence-electron chi connectivity index (χ3n) is 3.62. The molecule has 0 atom stereocenters. The lowest BCUT2D eigenvalue weighted by atomic mass is 10.0. The number of fused-ring (bicyclic) bond motifs is 1. The van der Waals surface area contributed by atoms with Crippen LogP contribution in [-0.4, -0.2) is 16.1 Å². The summed E-state index contributed by atoms with van der Waals surface area (Å²) < 4.78 is 7.64. The quantitative estimate of drug-likeness (QED) is 0.773. The molecule has 0 unspecified atom stereocenters. The SMILES string of the molecule is CC1=C(C(=O)OC(C)(C)CC#N)c2c(Br)cn(C)c(=O)c2C1. The lowest BCUT2D eigenvalue weighted by Crippen LogP contribution is -2.28. The van der Waals surface area contributed by atoms with Crippen LogP contribution in [0.5, 0.6) is 0 Å². The number of allylic oxidation sites excluding steroid dienone is 1. The Morgan fingerprint density at radius 3 is 2.77 bits per heavy atom. The van der Waals surface area contributed by atoms with Crippen molar-refractivity contribution in [3.8, 4) is 6.07 Å². The van der Waals surface area contributed by atoms with Crippen LogP contribution in [0, 0.1) is 11.3 Å². The van der Waals surface area contributed by atoms with Crippen molar-refractivity contribution >= 4 is 27.5 Å². The van der Waals surface area contributed by atoms with Crippen molar-refractivity contribution in [3.05, 3.63) is 37.7 Å². The number of esters is 1. The van der Waals surface area contributed by atoms with Crippen LogP contribution in [0.2, 0.25) is 0 Å². The van der Waals surface area contributed by atoms with Crippen LogP contribution in [-0.2, 0) is 23.0 Å². The molecule has 0 aromatic carbocycles. The summed E-state index contributed by atoms with van der Waals surface area (Å²) >= 11 is 3.42. The minimum Gasteiger partial charge on any atom is -0.455 e. The summed E-state index contributed by atoms with van der Waals surface area (Å²) in [6, 6.07) is 2.01. The number of carbonyl (C=O) groups excluding carboxylic acids is 1. The zero-order valence-corrected chi connectivity index (χ0v) is 14.6. The third-order valence-corrected chi connectivity index (χ3v) is 4.22. The van der Waals surface area contributed by atoms with Crippen molar-refractivity contribution in [2.75, 3.05) is 0 Å². The molecule has 1 aromatic heterocycles. The fourth-order valence-electron chi connectivity index (χ4n) is 2.56. The van der Waals surface area contributed by atoms with Crippen molar-refractivity contribution in [3.63, 3.8) is 0 Å². The molecule has 0 saturated heterocycles. The summed E-state index contributed by atoms with van der Waals surface area (Å²) in [5.41, 5.74) is 1.45. The van der Waals surface area contributed by atoms with Gasteiger partial charge in [-0.15, -0.1) is 0 Å². The Hall–Kier alpha value is -1.87. The first-order chi connectivity index (χ1) is 10.2. The highest BCUT2D eigenvalue weighted by molar-refractivity contribution is 9.10. The van der Waals surface area contributed by atoms with Crippen LogP contribution in [0.4, 0.5) is 0 Å². The van der Waals surface area contributed by atoms with E-state index in [2.05, 4.69) is 15.9 Å². The van der Waals surface area contributed by atoms with Crippen LogP contribution < -0.4 is 5.56 Å². The maximum Gasteiger partial charge on any atom is 0.339 e. The molecular formula is C16H17BrN2O3. The molecule has 0 N–H and O–H groups in total. The van der Waals surface area contributed by atoms with Crippen LogP contribution >= 0.6 is 15.9 Å². The Morgan fingerprint density at radius 2 is 2.18 bits per heavy atom. The van der Waals surface area contributed by atoms with Crippen LogP contribution in [0.15, 0.2) is 21.0 Å². The maximum absolute atomic E-state index is 12.5. The minimum atomic E-state index is -0.867. The number of pyridine rings is 1. The smallest absolute Gasteiger partial charge is 0.339 e. The van der Waals surface area contributed by atoms with Gasteiger partial charge in [0.05, 0.1) is 18.1 Å². The number of hydrogen-bond acceptors (Lipinski definition) is 4. The molecule has 1 aliphatic carbocycles. The van der Waals surface area contributed by atoms with E-state index in [9.17, 15) is 9.59 Å². The summed E-state index contributed by atoms with van der Waals surface area (Å²) in [5, 5.41) is 8.80. The molecule has 1 heterocycles. The van der Waals surface area contributed by atoms with Crippen LogP contribution in [0.1, 0.15) is 38.3 Å². The number of hydrogen-bond donors (Lipinski definition) is 0. The highest BCUT2D eigenvalue weighted by Crippen LogP contribution is 2.37. The highest BCUT2D eigenvalue weighted by atomic mass is 79.9. The Kier molecular flexibility index (Phi) is 4.30. The van der Waals surface area contributed by atoms with Gasteiger partial charge >= 0.3 is 5.97 Å². The maximum atomic E-state index is 12.5. The zero-order valence-electron chi connectivity index (χ0n) is 13.0. The standard InChI is InChI=1S/C16H17BrN2O3/c1-9-7-10-13(11(17)8-19(4)14(10)20)12(9)15(21)22-16(2,3)5-6-18/h8H,5,7H2,1-4H3. The van der Waals surface area contributed by atoms with Gasteiger partial charge in [-0.1, -0.05) is 5.57 Å².